The average molecular weight is 314 g/mol. The van der Waals surface area contributed by atoms with E-state index in [-0.39, 0.29) is 11.3 Å². The van der Waals surface area contributed by atoms with Crippen LogP contribution in [0.3, 0.4) is 0 Å². The predicted molar refractivity (Wildman–Crippen MR) is 91.4 cm³/mol. The van der Waals surface area contributed by atoms with Crippen LogP contribution in [0.4, 0.5) is 0 Å². The van der Waals surface area contributed by atoms with E-state index in [1.165, 1.54) is 11.1 Å². The number of hydrogen-bond donors (Lipinski definition) is 1. The van der Waals surface area contributed by atoms with Gasteiger partial charge in [-0.05, 0) is 31.2 Å². The van der Waals surface area contributed by atoms with Gasteiger partial charge in [0, 0.05) is 25.5 Å². The summed E-state index contributed by atoms with van der Waals surface area (Å²) in [6, 6.07) is 10.4. The molecule has 1 aromatic carbocycles. The van der Waals surface area contributed by atoms with Crippen molar-refractivity contribution in [1.82, 2.24) is 10.5 Å². The lowest BCUT2D eigenvalue weighted by Gasteiger charge is -2.25. The number of aromatic nitrogens is 1. The second kappa shape index (κ2) is 7.44. The van der Waals surface area contributed by atoms with E-state index in [9.17, 15) is 4.79 Å². The summed E-state index contributed by atoms with van der Waals surface area (Å²) in [5.74, 6) is 0.886. The van der Waals surface area contributed by atoms with Gasteiger partial charge in [0.25, 0.3) is 0 Å². The maximum absolute atomic E-state index is 12.0. The molecule has 1 aromatic heterocycles. The van der Waals surface area contributed by atoms with Gasteiger partial charge in [-0.3, -0.25) is 4.79 Å². The van der Waals surface area contributed by atoms with Crippen molar-refractivity contribution in [3.63, 3.8) is 0 Å². The summed E-state index contributed by atoms with van der Waals surface area (Å²) < 4.78 is 5.01. The molecule has 0 aliphatic rings. The molecule has 0 aliphatic carbocycles. The number of amides is 1. The summed E-state index contributed by atoms with van der Waals surface area (Å²) in [5, 5.41) is 6.87. The van der Waals surface area contributed by atoms with E-state index in [2.05, 4.69) is 55.5 Å². The van der Waals surface area contributed by atoms with E-state index in [0.29, 0.717) is 19.4 Å². The minimum Gasteiger partial charge on any atom is -0.361 e. The molecule has 0 fully saturated rings. The minimum atomic E-state index is -0.00569. The zero-order valence-electron chi connectivity index (χ0n) is 14.5. The van der Waals surface area contributed by atoms with Crippen LogP contribution in [0.25, 0.3) is 0 Å². The summed E-state index contributed by atoms with van der Waals surface area (Å²) in [7, 11) is 0. The summed E-state index contributed by atoms with van der Waals surface area (Å²) in [6.45, 7) is 8.91. The molecule has 23 heavy (non-hydrogen) atoms. The van der Waals surface area contributed by atoms with Crippen LogP contribution in [0.1, 0.15) is 49.3 Å². The van der Waals surface area contributed by atoms with Crippen LogP contribution >= 0.6 is 0 Å². The van der Waals surface area contributed by atoms with E-state index >= 15 is 0 Å². The molecule has 0 bridgehead atoms. The smallest absolute Gasteiger partial charge is 0.220 e. The summed E-state index contributed by atoms with van der Waals surface area (Å²) in [4.78, 5) is 12.0. The predicted octanol–water partition coefficient (Wildman–Crippen LogP) is 3.71. The zero-order chi connectivity index (χ0) is 16.9. The molecule has 0 aliphatic heterocycles. The number of rotatable bonds is 7. The van der Waals surface area contributed by atoms with E-state index in [4.69, 9.17) is 4.52 Å². The van der Waals surface area contributed by atoms with Gasteiger partial charge in [0.15, 0.2) is 0 Å². The minimum absolute atomic E-state index is 0.00569. The van der Waals surface area contributed by atoms with Crippen LogP contribution in [0.15, 0.2) is 34.9 Å². The SMILES string of the molecule is Cc1ccc(C(C)(C)CCC(=O)NCCc2cc(C)on2)cc1. The third-order valence-corrected chi connectivity index (χ3v) is 4.19. The molecule has 2 aromatic rings. The van der Waals surface area contributed by atoms with Crippen molar-refractivity contribution in [3.8, 4) is 0 Å². The maximum Gasteiger partial charge on any atom is 0.220 e. The summed E-state index contributed by atoms with van der Waals surface area (Å²) in [5.41, 5.74) is 3.40. The van der Waals surface area contributed by atoms with E-state index in [1.54, 1.807) is 0 Å². The fourth-order valence-electron chi connectivity index (χ4n) is 2.53. The van der Waals surface area contributed by atoms with Gasteiger partial charge in [-0.15, -0.1) is 0 Å². The molecule has 1 heterocycles. The Morgan fingerprint density at radius 2 is 1.91 bits per heavy atom. The lowest BCUT2D eigenvalue weighted by molar-refractivity contribution is -0.121. The van der Waals surface area contributed by atoms with Gasteiger partial charge in [0.05, 0.1) is 5.69 Å². The van der Waals surface area contributed by atoms with E-state index < -0.39 is 0 Å². The molecule has 0 saturated heterocycles. The van der Waals surface area contributed by atoms with Crippen molar-refractivity contribution in [2.45, 2.75) is 52.4 Å². The van der Waals surface area contributed by atoms with E-state index in [0.717, 1.165) is 17.9 Å². The fourth-order valence-corrected chi connectivity index (χ4v) is 2.53. The first-order valence-electron chi connectivity index (χ1n) is 8.13. The molecule has 0 spiro atoms. The lowest BCUT2D eigenvalue weighted by atomic mass is 9.80. The number of aryl methyl sites for hydroxylation is 2. The first-order chi connectivity index (χ1) is 10.9. The Morgan fingerprint density at radius 1 is 1.22 bits per heavy atom. The van der Waals surface area contributed by atoms with E-state index in [1.807, 2.05) is 13.0 Å². The van der Waals surface area contributed by atoms with Gasteiger partial charge in [-0.2, -0.15) is 0 Å². The normalized spacial score (nSPS) is 11.5. The molecule has 4 nitrogen and oxygen atoms in total. The molecule has 124 valence electrons. The van der Waals surface area contributed by atoms with Crippen molar-refractivity contribution in [3.05, 3.63) is 52.9 Å². The highest BCUT2D eigenvalue weighted by molar-refractivity contribution is 5.76. The molecular formula is C19H26N2O2. The Hall–Kier alpha value is -2.10. The van der Waals surface area contributed by atoms with Crippen LogP contribution in [0.2, 0.25) is 0 Å². The van der Waals surface area contributed by atoms with Crippen molar-refractivity contribution in [1.29, 1.82) is 0 Å². The Kier molecular flexibility index (Phi) is 5.59. The Morgan fingerprint density at radius 3 is 2.52 bits per heavy atom. The highest BCUT2D eigenvalue weighted by atomic mass is 16.5. The Bertz CT molecular complexity index is 642. The fraction of sp³-hybridized carbons (Fsp3) is 0.474. The number of benzene rings is 1. The highest BCUT2D eigenvalue weighted by Gasteiger charge is 2.21. The van der Waals surface area contributed by atoms with Gasteiger partial charge < -0.3 is 9.84 Å². The summed E-state index contributed by atoms with van der Waals surface area (Å²) >= 11 is 0. The topological polar surface area (TPSA) is 55.1 Å². The van der Waals surface area contributed by atoms with Crippen LogP contribution in [-0.2, 0) is 16.6 Å². The molecule has 1 N–H and O–H groups in total. The maximum atomic E-state index is 12.0. The molecule has 0 radical (unpaired) electrons. The largest absolute Gasteiger partial charge is 0.361 e. The van der Waals surface area contributed by atoms with Crippen molar-refractivity contribution in [2.24, 2.45) is 0 Å². The monoisotopic (exact) mass is 314 g/mol. The Labute approximate surface area is 138 Å². The number of hydrogen-bond acceptors (Lipinski definition) is 3. The van der Waals surface area contributed by atoms with Crippen LogP contribution in [0.5, 0.6) is 0 Å². The molecule has 0 unspecified atom stereocenters. The third-order valence-electron chi connectivity index (χ3n) is 4.19. The highest BCUT2D eigenvalue weighted by Crippen LogP contribution is 2.28. The van der Waals surface area contributed by atoms with Crippen LogP contribution in [-0.4, -0.2) is 17.6 Å². The summed E-state index contributed by atoms with van der Waals surface area (Å²) in [6.07, 6.45) is 2.05. The average Bonchev–Trinajstić information content (AvgIpc) is 2.91. The zero-order valence-corrected chi connectivity index (χ0v) is 14.5. The van der Waals surface area contributed by atoms with Crippen LogP contribution < -0.4 is 5.32 Å². The molecule has 4 heteroatoms. The molecule has 1 amide bonds. The number of nitrogens with one attached hydrogen (secondary N) is 1. The number of carbonyl (C=O) groups excluding carboxylic acids is 1. The van der Waals surface area contributed by atoms with Crippen molar-refractivity contribution < 1.29 is 9.32 Å². The van der Waals surface area contributed by atoms with Gasteiger partial charge in [0.2, 0.25) is 5.91 Å². The number of nitrogens with zero attached hydrogens (tertiary/aromatic N) is 1. The number of carbonyl (C=O) groups is 1. The first-order valence-corrected chi connectivity index (χ1v) is 8.13. The van der Waals surface area contributed by atoms with Crippen LogP contribution in [0, 0.1) is 13.8 Å². The first kappa shape index (κ1) is 17.3. The molecular weight excluding hydrogens is 288 g/mol. The standard InChI is InChI=1S/C19H26N2O2/c1-14-5-7-16(8-6-14)19(3,4)11-9-18(22)20-12-10-17-13-15(2)23-21-17/h5-8,13H,9-12H2,1-4H3,(H,20,22). The van der Waals surface area contributed by atoms with Gasteiger partial charge in [-0.25, -0.2) is 0 Å². The Balaban J connectivity index is 1.75. The lowest BCUT2D eigenvalue weighted by Crippen LogP contribution is -2.28. The second-order valence-electron chi connectivity index (χ2n) is 6.78. The molecule has 0 atom stereocenters. The van der Waals surface area contributed by atoms with Crippen molar-refractivity contribution >= 4 is 5.91 Å². The quantitative estimate of drug-likeness (QED) is 0.847. The second-order valence-corrected chi connectivity index (χ2v) is 6.78. The van der Waals surface area contributed by atoms with Crippen molar-refractivity contribution in [2.75, 3.05) is 6.54 Å². The molecule has 0 saturated carbocycles. The molecule has 2 rings (SSSR count). The van der Waals surface area contributed by atoms with Gasteiger partial charge in [-0.1, -0.05) is 48.8 Å². The van der Waals surface area contributed by atoms with Gasteiger partial charge >= 0.3 is 0 Å². The third kappa shape index (κ3) is 5.23. The van der Waals surface area contributed by atoms with Gasteiger partial charge in [0.1, 0.15) is 5.76 Å².